The number of nitro groups is 1. The first-order valence-corrected chi connectivity index (χ1v) is 15.5. The van der Waals surface area contributed by atoms with Crippen molar-refractivity contribution in [1.82, 2.24) is 10.4 Å². The van der Waals surface area contributed by atoms with Crippen molar-refractivity contribution in [3.05, 3.63) is 99.5 Å². The average Bonchev–Trinajstić information content (AvgIpc) is 3.39. The fourth-order valence-electron chi connectivity index (χ4n) is 5.19. The number of nitrogens with zero attached hydrogens (tertiary/aromatic N) is 3. The Bertz CT molecular complexity index is 1910. The molecule has 2 N–H and O–H groups in total. The van der Waals surface area contributed by atoms with Crippen molar-refractivity contribution in [2.24, 2.45) is 0 Å². The van der Waals surface area contributed by atoms with Crippen LogP contribution in [0.2, 0.25) is 0 Å². The minimum Gasteiger partial charge on any atom is -0.504 e. The number of fused-ring (bicyclic) bond motifs is 2. The van der Waals surface area contributed by atoms with E-state index in [1.54, 1.807) is 4.90 Å². The van der Waals surface area contributed by atoms with Gasteiger partial charge in [-0.15, -0.1) is 5.06 Å². The molecule has 16 heteroatoms. The summed E-state index contributed by atoms with van der Waals surface area (Å²) in [5.74, 6) is 3.39. The van der Waals surface area contributed by atoms with Crippen LogP contribution >= 0.6 is 0 Å². The van der Waals surface area contributed by atoms with Crippen LogP contribution in [0.3, 0.4) is 0 Å². The van der Waals surface area contributed by atoms with E-state index in [2.05, 4.69) is 22.0 Å². The molecule has 4 amide bonds. The molecule has 0 spiro atoms. The summed E-state index contributed by atoms with van der Waals surface area (Å²) in [4.78, 5) is 78.4. The normalized spacial score (nSPS) is 13.4. The van der Waals surface area contributed by atoms with E-state index < -0.39 is 40.4 Å². The Labute approximate surface area is 314 Å². The fraction of sp³-hybridized carbons (Fsp3) is 0.257. The minimum atomic E-state index is -1.46. The molecule has 258 valence electrons. The molecule has 15 nitrogen and oxygen atoms in total. The molecule has 0 saturated carbocycles. The van der Waals surface area contributed by atoms with Gasteiger partial charge in [-0.1, -0.05) is 48.6 Å². The van der Waals surface area contributed by atoms with Gasteiger partial charge in [-0.05, 0) is 43.2 Å². The van der Waals surface area contributed by atoms with Gasteiger partial charge in [0, 0.05) is 30.5 Å². The van der Waals surface area contributed by atoms with E-state index in [1.807, 2.05) is 48.5 Å². The molecule has 2 aliphatic rings. The first-order valence-electron chi connectivity index (χ1n) is 15.5. The molecule has 0 aliphatic carbocycles. The van der Waals surface area contributed by atoms with E-state index in [9.17, 15) is 39.2 Å². The van der Waals surface area contributed by atoms with Crippen molar-refractivity contribution >= 4 is 41.2 Å². The van der Waals surface area contributed by atoms with Crippen LogP contribution in [-0.2, 0) is 35.3 Å². The van der Waals surface area contributed by atoms with Crippen LogP contribution < -0.4 is 44.5 Å². The number of rotatable bonds is 12. The number of para-hydroxylation sites is 1. The Balaban J connectivity index is 0.00000583. The van der Waals surface area contributed by atoms with Gasteiger partial charge in [-0.25, -0.2) is 4.79 Å². The first kappa shape index (κ1) is 38.2. The molecule has 1 unspecified atom stereocenters. The minimum absolute atomic E-state index is 0. The molecule has 51 heavy (non-hydrogen) atoms. The molecule has 1 fully saturated rings. The molecule has 3 aromatic carbocycles. The third kappa shape index (κ3) is 9.57. The van der Waals surface area contributed by atoms with Crippen LogP contribution in [0.25, 0.3) is 0 Å². The van der Waals surface area contributed by atoms with Crippen LogP contribution in [0.5, 0.6) is 11.5 Å². The largest absolute Gasteiger partial charge is 1.00 e. The number of anilines is 1. The summed E-state index contributed by atoms with van der Waals surface area (Å²) >= 11 is 0. The number of aromatic hydroxyl groups is 1. The summed E-state index contributed by atoms with van der Waals surface area (Å²) < 4.78 is 10.5. The van der Waals surface area contributed by atoms with Crippen LogP contribution in [0, 0.1) is 28.4 Å². The fourth-order valence-corrected chi connectivity index (χ4v) is 5.19. The zero-order valence-electron chi connectivity index (χ0n) is 27.7. The third-order valence-electron chi connectivity index (χ3n) is 7.70. The van der Waals surface area contributed by atoms with Gasteiger partial charge in [-0.3, -0.25) is 35.8 Å². The number of hydrogen-bond acceptors (Lipinski definition) is 11. The van der Waals surface area contributed by atoms with Crippen LogP contribution in [0.1, 0.15) is 61.0 Å². The smallest absolute Gasteiger partial charge is 0.504 e. The van der Waals surface area contributed by atoms with Gasteiger partial charge < -0.3 is 29.6 Å². The van der Waals surface area contributed by atoms with Crippen LogP contribution in [0.15, 0.2) is 60.7 Å². The number of ether oxygens (including phenoxy) is 2. The standard InChI is InChI=1S/C35H31N4O11.Na/c1-22(49-35(45)50-38-33(43)14-15-34(38)44)26-19-29(40)30(20-28(26)39(46)47)48-18-6-11-31(41)36-17-16-32(42)37-21-25-9-3-2-7-23(25)12-13-24-8-4-5-10-27(24)37;/h2-5,7-10,14,19-20,22,40H,6,11,15-18,21H2,1H3,(H,36,41);/q-1;+1. The molecule has 0 bridgehead atoms. The summed E-state index contributed by atoms with van der Waals surface area (Å²) in [6, 6.07) is 16.9. The van der Waals surface area contributed by atoms with Gasteiger partial charge >= 0.3 is 35.7 Å². The van der Waals surface area contributed by atoms with E-state index in [1.165, 1.54) is 6.92 Å². The summed E-state index contributed by atoms with van der Waals surface area (Å²) in [6.45, 7) is 1.60. The average molecular weight is 707 g/mol. The van der Waals surface area contributed by atoms with Gasteiger partial charge in [-0.2, -0.15) is 0 Å². The Hall–Kier alpha value is -5.56. The number of nitro benzene ring substituents is 1. The second-order valence-corrected chi connectivity index (χ2v) is 11.1. The molecule has 0 radical (unpaired) electrons. The monoisotopic (exact) mass is 706 g/mol. The van der Waals surface area contributed by atoms with Gasteiger partial charge in [0.1, 0.15) is 12.0 Å². The SMILES string of the molecule is CC(OC(=O)ON1C(=O)[CH-]CC1=O)c1cc(O)c(OCCCC(=O)NCCC(=O)N2Cc3ccccc3C#Cc3ccccc32)cc1[N+](=O)[O-].[Na+]. The van der Waals surface area contributed by atoms with E-state index in [4.69, 9.17) is 9.47 Å². The van der Waals surface area contributed by atoms with E-state index >= 15 is 0 Å². The molecule has 2 aliphatic heterocycles. The maximum absolute atomic E-state index is 13.3. The van der Waals surface area contributed by atoms with Crippen molar-refractivity contribution in [3.8, 4) is 23.3 Å². The number of imide groups is 1. The predicted molar refractivity (Wildman–Crippen MR) is 174 cm³/mol. The predicted octanol–water partition coefficient (Wildman–Crippen LogP) is 1.01. The van der Waals surface area contributed by atoms with Crippen LogP contribution in [0.4, 0.5) is 16.2 Å². The van der Waals surface area contributed by atoms with Crippen LogP contribution in [-0.4, -0.2) is 58.0 Å². The molecular weight excluding hydrogens is 675 g/mol. The van der Waals surface area contributed by atoms with Gasteiger partial charge in [0.15, 0.2) is 11.5 Å². The third-order valence-corrected chi connectivity index (χ3v) is 7.70. The number of phenols is 1. The van der Waals surface area contributed by atoms with Crippen molar-refractivity contribution < 1.29 is 77.9 Å². The number of phenolic OH excluding ortho intramolecular Hbond substituents is 1. The summed E-state index contributed by atoms with van der Waals surface area (Å²) in [5.41, 5.74) is 2.40. The summed E-state index contributed by atoms with van der Waals surface area (Å²) in [7, 11) is 0. The number of benzene rings is 3. The van der Waals surface area contributed by atoms with Crippen molar-refractivity contribution in [1.29, 1.82) is 0 Å². The number of hydroxylamine groups is 2. The number of nitrogens with one attached hydrogen (secondary N) is 1. The maximum Gasteiger partial charge on any atom is 1.00 e. The van der Waals surface area contributed by atoms with Crippen molar-refractivity contribution in [2.75, 3.05) is 18.1 Å². The number of carbonyl (C=O) groups excluding carboxylic acids is 5. The summed E-state index contributed by atoms with van der Waals surface area (Å²) in [6.07, 6.45) is -1.81. The quantitative estimate of drug-likeness (QED) is 0.0399. The van der Waals surface area contributed by atoms with E-state index in [0.717, 1.165) is 35.2 Å². The zero-order valence-corrected chi connectivity index (χ0v) is 29.7. The molecule has 1 saturated heterocycles. The maximum atomic E-state index is 13.3. The molecule has 0 aromatic heterocycles. The second-order valence-electron chi connectivity index (χ2n) is 11.1. The number of hydrogen-bond donors (Lipinski definition) is 2. The topological polar surface area (TPSA) is 195 Å². The molecule has 5 rings (SSSR count). The van der Waals surface area contributed by atoms with E-state index in [0.29, 0.717) is 12.2 Å². The van der Waals surface area contributed by atoms with Crippen molar-refractivity contribution in [3.63, 3.8) is 0 Å². The van der Waals surface area contributed by atoms with Gasteiger partial charge in [0.2, 0.25) is 17.7 Å². The van der Waals surface area contributed by atoms with E-state index in [-0.39, 0.29) is 96.6 Å². The zero-order chi connectivity index (χ0) is 35.8. The number of amides is 4. The molecule has 2 heterocycles. The number of carbonyl (C=O) groups is 5. The Kier molecular flexibility index (Phi) is 13.0. The molecule has 1 atom stereocenters. The van der Waals surface area contributed by atoms with Crippen molar-refractivity contribution in [2.45, 2.75) is 45.3 Å². The second kappa shape index (κ2) is 17.4. The van der Waals surface area contributed by atoms with Gasteiger partial charge in [0.05, 0.1) is 35.4 Å². The first-order chi connectivity index (χ1) is 24.0. The van der Waals surface area contributed by atoms with Gasteiger partial charge in [0.25, 0.3) is 5.69 Å². The molecular formula is C35H31N4NaO11. The Morgan fingerprint density at radius 3 is 2.49 bits per heavy atom. The Morgan fingerprint density at radius 2 is 1.76 bits per heavy atom. The Morgan fingerprint density at radius 1 is 1.06 bits per heavy atom. The molecule has 3 aromatic rings. The summed E-state index contributed by atoms with van der Waals surface area (Å²) in [5, 5.41) is 25.2.